The van der Waals surface area contributed by atoms with E-state index in [0.717, 1.165) is 17.7 Å². The van der Waals surface area contributed by atoms with Crippen LogP contribution in [0.15, 0.2) is 42.9 Å². The van der Waals surface area contributed by atoms with E-state index >= 15 is 0 Å². The lowest BCUT2D eigenvalue weighted by atomic mass is 9.87. The van der Waals surface area contributed by atoms with Gasteiger partial charge in [-0.15, -0.1) is 0 Å². The van der Waals surface area contributed by atoms with E-state index in [1.807, 2.05) is 30.3 Å². The van der Waals surface area contributed by atoms with Crippen molar-refractivity contribution in [3.05, 3.63) is 54.1 Å². The number of aryl methyl sites for hydroxylation is 1. The fraction of sp³-hybridized carbons (Fsp3) is 0.444. The zero-order valence-corrected chi connectivity index (χ0v) is 14.0. The lowest BCUT2D eigenvalue weighted by molar-refractivity contribution is -0.138. The molecule has 24 heavy (non-hydrogen) atoms. The number of aliphatic hydroxyl groups is 1. The highest BCUT2D eigenvalue weighted by Gasteiger charge is 2.58. The summed E-state index contributed by atoms with van der Waals surface area (Å²) in [5.41, 5.74) is -0.245. The topological polar surface area (TPSA) is 78.5 Å². The molecule has 0 radical (unpaired) electrons. The maximum atomic E-state index is 12.3. The standard InChI is InChI=1S/C18H23N3O3/c1-17(10-8-14-6-4-3-5-7-14)18(2,23)21(16(22)24-17)11-9-15-12-19-13-20-15/h3-7,12-13,23H,8-11H2,1-2H3,(H,19,20). The summed E-state index contributed by atoms with van der Waals surface area (Å²) in [7, 11) is 0. The first-order valence-electron chi connectivity index (χ1n) is 8.16. The number of aromatic amines is 1. The van der Waals surface area contributed by atoms with Gasteiger partial charge in [-0.25, -0.2) is 9.78 Å². The van der Waals surface area contributed by atoms with Crippen LogP contribution >= 0.6 is 0 Å². The van der Waals surface area contributed by atoms with Crippen molar-refractivity contribution in [3.63, 3.8) is 0 Å². The van der Waals surface area contributed by atoms with Gasteiger partial charge in [0.15, 0.2) is 11.3 Å². The van der Waals surface area contributed by atoms with E-state index in [9.17, 15) is 9.90 Å². The Labute approximate surface area is 141 Å². The minimum Gasteiger partial charge on any atom is -0.438 e. The number of hydrogen-bond acceptors (Lipinski definition) is 4. The van der Waals surface area contributed by atoms with Crippen molar-refractivity contribution in [2.45, 2.75) is 44.4 Å². The molecule has 1 saturated heterocycles. The van der Waals surface area contributed by atoms with E-state index < -0.39 is 17.4 Å². The van der Waals surface area contributed by atoms with E-state index in [2.05, 4.69) is 9.97 Å². The number of cyclic esters (lactones) is 1. The highest BCUT2D eigenvalue weighted by Crippen LogP contribution is 2.40. The molecule has 3 rings (SSSR count). The Morgan fingerprint density at radius 1 is 1.25 bits per heavy atom. The van der Waals surface area contributed by atoms with Crippen LogP contribution in [-0.2, 0) is 17.6 Å². The average Bonchev–Trinajstić information content (AvgIpc) is 3.12. The van der Waals surface area contributed by atoms with Crippen molar-refractivity contribution in [1.29, 1.82) is 0 Å². The molecule has 1 aliphatic rings. The van der Waals surface area contributed by atoms with Crippen LogP contribution in [0.1, 0.15) is 31.5 Å². The largest absolute Gasteiger partial charge is 0.438 e. The number of aromatic nitrogens is 2. The number of amides is 1. The van der Waals surface area contributed by atoms with Gasteiger partial charge in [0.1, 0.15) is 0 Å². The van der Waals surface area contributed by atoms with Crippen LogP contribution in [-0.4, -0.2) is 43.9 Å². The molecule has 0 bridgehead atoms. The van der Waals surface area contributed by atoms with Crippen molar-refractivity contribution < 1.29 is 14.6 Å². The number of benzene rings is 1. The fourth-order valence-electron chi connectivity index (χ4n) is 3.09. The SMILES string of the molecule is CC1(CCc2ccccc2)OC(=O)N(CCc2cnc[nH]2)C1(C)O. The first-order chi connectivity index (χ1) is 11.4. The Kier molecular flexibility index (Phi) is 4.32. The van der Waals surface area contributed by atoms with Gasteiger partial charge in [-0.3, -0.25) is 4.90 Å². The molecule has 1 aromatic heterocycles. The monoisotopic (exact) mass is 329 g/mol. The molecule has 1 amide bonds. The number of nitrogens with zero attached hydrogens (tertiary/aromatic N) is 2. The van der Waals surface area contributed by atoms with E-state index in [-0.39, 0.29) is 0 Å². The number of carbonyl (C=O) groups is 1. The van der Waals surface area contributed by atoms with Crippen LogP contribution in [0, 0.1) is 0 Å². The molecule has 0 aliphatic carbocycles. The second-order valence-electron chi connectivity index (χ2n) is 6.58. The number of nitrogens with one attached hydrogen (secondary N) is 1. The van der Waals surface area contributed by atoms with E-state index in [0.29, 0.717) is 19.4 Å². The molecule has 2 unspecified atom stereocenters. The summed E-state index contributed by atoms with van der Waals surface area (Å²) in [5.74, 6) is 0. The summed E-state index contributed by atoms with van der Waals surface area (Å²) in [6.45, 7) is 3.81. The molecule has 6 nitrogen and oxygen atoms in total. The van der Waals surface area contributed by atoms with Crippen LogP contribution in [0.25, 0.3) is 0 Å². The highest BCUT2D eigenvalue weighted by atomic mass is 16.6. The molecule has 2 N–H and O–H groups in total. The quantitative estimate of drug-likeness (QED) is 0.853. The van der Waals surface area contributed by atoms with Crippen LogP contribution in [0.5, 0.6) is 0 Å². The summed E-state index contributed by atoms with van der Waals surface area (Å²) < 4.78 is 5.58. The molecule has 2 atom stereocenters. The Balaban J connectivity index is 1.68. The number of ether oxygens (including phenoxy) is 1. The van der Waals surface area contributed by atoms with Crippen molar-refractivity contribution in [1.82, 2.24) is 14.9 Å². The second-order valence-corrected chi connectivity index (χ2v) is 6.58. The molecular weight excluding hydrogens is 306 g/mol. The van der Waals surface area contributed by atoms with Crippen molar-refractivity contribution in [2.24, 2.45) is 0 Å². The average molecular weight is 329 g/mol. The molecule has 2 aromatic rings. The zero-order chi connectivity index (χ0) is 17.2. The molecule has 0 saturated carbocycles. The Hall–Kier alpha value is -2.34. The first-order valence-corrected chi connectivity index (χ1v) is 8.16. The third-order valence-corrected chi connectivity index (χ3v) is 4.95. The Morgan fingerprint density at radius 2 is 2.00 bits per heavy atom. The Bertz CT molecular complexity index is 685. The van der Waals surface area contributed by atoms with Crippen LogP contribution in [0.2, 0.25) is 0 Å². The lowest BCUT2D eigenvalue weighted by Gasteiger charge is -2.37. The van der Waals surface area contributed by atoms with Crippen molar-refractivity contribution >= 4 is 6.09 Å². The number of hydrogen-bond donors (Lipinski definition) is 2. The van der Waals surface area contributed by atoms with E-state index in [1.165, 1.54) is 4.90 Å². The molecule has 2 heterocycles. The third-order valence-electron chi connectivity index (χ3n) is 4.95. The van der Waals surface area contributed by atoms with E-state index in [4.69, 9.17) is 4.74 Å². The van der Waals surface area contributed by atoms with Crippen molar-refractivity contribution in [2.75, 3.05) is 6.54 Å². The summed E-state index contributed by atoms with van der Waals surface area (Å²) in [4.78, 5) is 20.7. The summed E-state index contributed by atoms with van der Waals surface area (Å²) in [6.07, 6.45) is 4.70. The minimum atomic E-state index is -1.36. The summed E-state index contributed by atoms with van der Waals surface area (Å²) >= 11 is 0. The van der Waals surface area contributed by atoms with Gasteiger partial charge in [-0.2, -0.15) is 0 Å². The smallest absolute Gasteiger partial charge is 0.412 e. The number of rotatable bonds is 6. The van der Waals surface area contributed by atoms with Gasteiger partial charge in [0.05, 0.1) is 6.33 Å². The number of imidazole rings is 1. The van der Waals surface area contributed by atoms with E-state index in [1.54, 1.807) is 26.4 Å². The van der Waals surface area contributed by atoms with Crippen LogP contribution < -0.4 is 0 Å². The number of H-pyrrole nitrogens is 1. The normalized spacial score (nSPS) is 26.6. The molecule has 6 heteroatoms. The maximum Gasteiger partial charge on any atom is 0.412 e. The van der Waals surface area contributed by atoms with Crippen molar-refractivity contribution in [3.8, 4) is 0 Å². The lowest BCUT2D eigenvalue weighted by Crippen LogP contribution is -2.55. The molecule has 0 spiro atoms. The van der Waals surface area contributed by atoms with Gasteiger partial charge in [-0.05, 0) is 32.3 Å². The van der Waals surface area contributed by atoms with Gasteiger partial charge in [0.25, 0.3) is 0 Å². The zero-order valence-electron chi connectivity index (χ0n) is 14.0. The molecule has 1 aromatic carbocycles. The maximum absolute atomic E-state index is 12.3. The summed E-state index contributed by atoms with van der Waals surface area (Å²) in [6, 6.07) is 9.99. The second kappa shape index (κ2) is 6.28. The fourth-order valence-corrected chi connectivity index (χ4v) is 3.09. The third kappa shape index (κ3) is 3.01. The molecular formula is C18H23N3O3. The molecule has 128 valence electrons. The highest BCUT2D eigenvalue weighted by molar-refractivity contribution is 5.72. The van der Waals surface area contributed by atoms with Crippen LogP contribution in [0.3, 0.4) is 0 Å². The van der Waals surface area contributed by atoms with Gasteiger partial charge >= 0.3 is 6.09 Å². The minimum absolute atomic E-state index is 0.370. The van der Waals surface area contributed by atoms with Gasteiger partial charge in [0.2, 0.25) is 0 Å². The molecule has 1 aliphatic heterocycles. The number of carbonyl (C=O) groups excluding carboxylic acids is 1. The predicted octanol–water partition coefficient (Wildman–Crippen LogP) is 2.50. The van der Waals surface area contributed by atoms with Gasteiger partial charge in [-0.1, -0.05) is 30.3 Å². The Morgan fingerprint density at radius 3 is 2.67 bits per heavy atom. The summed E-state index contributed by atoms with van der Waals surface area (Å²) in [5, 5.41) is 11.0. The molecule has 1 fully saturated rings. The predicted molar refractivity (Wildman–Crippen MR) is 89.3 cm³/mol. The van der Waals surface area contributed by atoms with Crippen LogP contribution in [0.4, 0.5) is 4.79 Å². The first kappa shape index (κ1) is 16.5. The van der Waals surface area contributed by atoms with Gasteiger partial charge < -0.3 is 14.8 Å². The van der Waals surface area contributed by atoms with Gasteiger partial charge in [0, 0.05) is 24.9 Å².